The number of aryl methyl sites for hydroxylation is 1. The molecule has 0 aromatic carbocycles. The molecule has 1 rings (SSSR count). The molecule has 1 aromatic rings. The Hall–Kier alpha value is -2.14. The number of urea groups is 1. The summed E-state index contributed by atoms with van der Waals surface area (Å²) < 4.78 is 0. The minimum Gasteiger partial charge on any atom is -0.477 e. The first-order valence-electron chi connectivity index (χ1n) is 6.51. The molecule has 2 amide bonds. The van der Waals surface area contributed by atoms with Gasteiger partial charge in [-0.05, 0) is 20.8 Å². The normalized spacial score (nSPS) is 11.5. The van der Waals surface area contributed by atoms with E-state index in [1.54, 1.807) is 13.8 Å². The third-order valence-electron chi connectivity index (χ3n) is 2.81. The van der Waals surface area contributed by atoms with E-state index in [4.69, 9.17) is 10.4 Å². The first kappa shape index (κ1) is 16.9. The Morgan fingerprint density at radius 3 is 2.71 bits per heavy atom. The van der Waals surface area contributed by atoms with Crippen LogP contribution < -0.4 is 5.32 Å². The summed E-state index contributed by atoms with van der Waals surface area (Å²) in [6.07, 6.45) is 0. The monoisotopic (exact) mass is 310 g/mol. The van der Waals surface area contributed by atoms with Gasteiger partial charge in [0.25, 0.3) is 0 Å². The van der Waals surface area contributed by atoms with Gasteiger partial charge in [-0.1, -0.05) is 0 Å². The number of nitrogens with one attached hydrogen (secondary N) is 1. The minimum absolute atomic E-state index is 0.176. The molecule has 0 saturated carbocycles. The number of carbonyl (C=O) groups excluding carboxylic acids is 1. The number of hydrogen-bond donors (Lipinski definition) is 2. The fourth-order valence-electron chi connectivity index (χ4n) is 1.72. The molecule has 1 heterocycles. The lowest BCUT2D eigenvalue weighted by molar-refractivity contribution is 0.0701. The largest absolute Gasteiger partial charge is 0.477 e. The van der Waals surface area contributed by atoms with Gasteiger partial charge in [0.15, 0.2) is 0 Å². The average molecular weight is 310 g/mol. The zero-order chi connectivity index (χ0) is 16.0. The first-order chi connectivity index (χ1) is 9.88. The standard InChI is InChI=1S/C13H18N4O3S/c1-4-17(7-8(2)5-14)13(20)15-6-10-16-9(3)11(21-10)12(18)19/h8H,4,6-7H2,1-3H3,(H,15,20)(H,18,19). The molecule has 0 aliphatic heterocycles. The summed E-state index contributed by atoms with van der Waals surface area (Å²) in [6, 6.07) is 1.80. The summed E-state index contributed by atoms with van der Waals surface area (Å²) in [5.74, 6) is -1.25. The highest BCUT2D eigenvalue weighted by Crippen LogP contribution is 2.17. The van der Waals surface area contributed by atoms with Gasteiger partial charge >= 0.3 is 12.0 Å². The van der Waals surface area contributed by atoms with E-state index in [2.05, 4.69) is 16.4 Å². The molecule has 1 aromatic heterocycles. The summed E-state index contributed by atoms with van der Waals surface area (Å²) >= 11 is 1.05. The Bertz CT molecular complexity index is 564. The van der Waals surface area contributed by atoms with E-state index in [1.165, 1.54) is 4.90 Å². The van der Waals surface area contributed by atoms with Gasteiger partial charge in [-0.25, -0.2) is 14.6 Å². The van der Waals surface area contributed by atoms with Crippen LogP contribution in [-0.2, 0) is 6.54 Å². The molecular formula is C13H18N4O3S. The smallest absolute Gasteiger partial charge is 0.347 e. The molecule has 0 aliphatic rings. The van der Waals surface area contributed by atoms with Gasteiger partial charge in [0.2, 0.25) is 0 Å². The minimum atomic E-state index is -1.01. The molecular weight excluding hydrogens is 292 g/mol. The molecule has 0 spiro atoms. The molecule has 0 saturated heterocycles. The fraction of sp³-hybridized carbons (Fsp3) is 0.538. The van der Waals surface area contributed by atoms with Crippen LogP contribution in [0.1, 0.15) is 34.2 Å². The summed E-state index contributed by atoms with van der Waals surface area (Å²) in [7, 11) is 0. The van der Waals surface area contributed by atoms with Gasteiger partial charge in [-0.2, -0.15) is 5.26 Å². The first-order valence-corrected chi connectivity index (χ1v) is 7.32. The van der Waals surface area contributed by atoms with Crippen LogP contribution in [0.4, 0.5) is 4.79 Å². The molecule has 114 valence electrons. The van der Waals surface area contributed by atoms with Crippen molar-refractivity contribution in [1.82, 2.24) is 15.2 Å². The van der Waals surface area contributed by atoms with Crippen LogP contribution in [0.3, 0.4) is 0 Å². The van der Waals surface area contributed by atoms with Crippen molar-refractivity contribution >= 4 is 23.3 Å². The van der Waals surface area contributed by atoms with E-state index in [9.17, 15) is 9.59 Å². The zero-order valence-electron chi connectivity index (χ0n) is 12.2. The molecule has 8 heteroatoms. The molecule has 0 radical (unpaired) electrons. The Kier molecular flexibility index (Phi) is 6.11. The van der Waals surface area contributed by atoms with Gasteiger partial charge < -0.3 is 15.3 Å². The van der Waals surface area contributed by atoms with Crippen molar-refractivity contribution in [2.24, 2.45) is 5.92 Å². The second kappa shape index (κ2) is 7.59. The molecule has 21 heavy (non-hydrogen) atoms. The van der Waals surface area contributed by atoms with Gasteiger partial charge in [-0.15, -0.1) is 11.3 Å². The average Bonchev–Trinajstić information content (AvgIpc) is 2.83. The molecule has 1 unspecified atom stereocenters. The van der Waals surface area contributed by atoms with Crippen LogP contribution in [0.5, 0.6) is 0 Å². The number of thiazole rings is 1. The predicted octanol–water partition coefficient (Wildman–Crippen LogP) is 1.84. The highest BCUT2D eigenvalue weighted by molar-refractivity contribution is 7.13. The summed E-state index contributed by atoms with van der Waals surface area (Å²) in [6.45, 7) is 6.23. The summed E-state index contributed by atoms with van der Waals surface area (Å²) in [5.41, 5.74) is 0.446. The fourth-order valence-corrected chi connectivity index (χ4v) is 2.56. The number of aromatic carboxylic acids is 1. The Balaban J connectivity index is 2.61. The number of nitrogens with zero attached hydrogens (tertiary/aromatic N) is 3. The van der Waals surface area contributed by atoms with Gasteiger partial charge in [0.05, 0.1) is 24.2 Å². The number of aromatic nitrogens is 1. The van der Waals surface area contributed by atoms with Crippen LogP contribution >= 0.6 is 11.3 Å². The predicted molar refractivity (Wildman–Crippen MR) is 78.1 cm³/mol. The number of rotatable bonds is 6. The van der Waals surface area contributed by atoms with Crippen LogP contribution in [0, 0.1) is 24.2 Å². The van der Waals surface area contributed by atoms with Gasteiger partial charge in [0, 0.05) is 13.1 Å². The summed E-state index contributed by atoms with van der Waals surface area (Å²) in [4.78, 5) is 28.8. The van der Waals surface area contributed by atoms with Crippen LogP contribution in [0.15, 0.2) is 0 Å². The third-order valence-corrected chi connectivity index (χ3v) is 3.95. The molecule has 0 fully saturated rings. The number of hydrogen-bond acceptors (Lipinski definition) is 5. The topological polar surface area (TPSA) is 106 Å². The SMILES string of the molecule is CCN(CC(C)C#N)C(=O)NCc1nc(C)c(C(=O)O)s1. The van der Waals surface area contributed by atoms with E-state index in [1.807, 2.05) is 6.92 Å². The van der Waals surface area contributed by atoms with Crippen LogP contribution in [0.2, 0.25) is 0 Å². The number of nitriles is 1. The van der Waals surface area contributed by atoms with Gasteiger partial charge in [-0.3, -0.25) is 0 Å². The lowest BCUT2D eigenvalue weighted by Gasteiger charge is -2.22. The number of carboxylic acids is 1. The molecule has 0 bridgehead atoms. The second-order valence-electron chi connectivity index (χ2n) is 4.55. The maximum atomic E-state index is 12.0. The number of carbonyl (C=O) groups is 2. The Morgan fingerprint density at radius 2 is 2.24 bits per heavy atom. The van der Waals surface area contributed by atoms with Crippen molar-refractivity contribution < 1.29 is 14.7 Å². The van der Waals surface area contributed by atoms with Crippen LogP contribution in [0.25, 0.3) is 0 Å². The lowest BCUT2D eigenvalue weighted by atomic mass is 10.2. The Labute approximate surface area is 127 Å². The third kappa shape index (κ3) is 4.72. The zero-order valence-corrected chi connectivity index (χ0v) is 13.0. The molecule has 1 atom stereocenters. The van der Waals surface area contributed by atoms with E-state index in [0.29, 0.717) is 23.8 Å². The van der Waals surface area contributed by atoms with E-state index in [-0.39, 0.29) is 23.4 Å². The number of carboxylic acid groups (broad SMARTS) is 1. The van der Waals surface area contributed by atoms with E-state index < -0.39 is 5.97 Å². The Morgan fingerprint density at radius 1 is 1.57 bits per heavy atom. The second-order valence-corrected chi connectivity index (χ2v) is 5.64. The van der Waals surface area contributed by atoms with Crippen LogP contribution in [-0.4, -0.2) is 40.1 Å². The molecule has 0 aliphatic carbocycles. The maximum absolute atomic E-state index is 12.0. The molecule has 7 nitrogen and oxygen atoms in total. The van der Waals surface area contributed by atoms with Crippen molar-refractivity contribution in [2.45, 2.75) is 27.3 Å². The highest BCUT2D eigenvalue weighted by atomic mass is 32.1. The molecule has 2 N–H and O–H groups in total. The lowest BCUT2D eigenvalue weighted by Crippen LogP contribution is -2.41. The van der Waals surface area contributed by atoms with E-state index >= 15 is 0 Å². The highest BCUT2D eigenvalue weighted by Gasteiger charge is 2.17. The van der Waals surface area contributed by atoms with Crippen molar-refractivity contribution in [3.8, 4) is 6.07 Å². The summed E-state index contributed by atoms with van der Waals surface area (Å²) in [5, 5.41) is 21.0. The number of amides is 2. The maximum Gasteiger partial charge on any atom is 0.347 e. The van der Waals surface area contributed by atoms with Crippen molar-refractivity contribution in [1.29, 1.82) is 5.26 Å². The van der Waals surface area contributed by atoms with Crippen molar-refractivity contribution in [3.63, 3.8) is 0 Å². The quantitative estimate of drug-likeness (QED) is 0.834. The van der Waals surface area contributed by atoms with Crippen molar-refractivity contribution in [2.75, 3.05) is 13.1 Å². The van der Waals surface area contributed by atoms with E-state index in [0.717, 1.165) is 11.3 Å². The van der Waals surface area contributed by atoms with Gasteiger partial charge in [0.1, 0.15) is 9.88 Å². The van der Waals surface area contributed by atoms with Crippen molar-refractivity contribution in [3.05, 3.63) is 15.6 Å².